The fourth-order valence-electron chi connectivity index (χ4n) is 3.73. The molecule has 2 aromatic rings. The Kier molecular flexibility index (Phi) is 4.19. The van der Waals surface area contributed by atoms with Crippen LogP contribution in [0.2, 0.25) is 0 Å². The number of nitrogens with zero attached hydrogens (tertiary/aromatic N) is 3. The van der Waals surface area contributed by atoms with Crippen LogP contribution in [-0.4, -0.2) is 46.9 Å². The molecule has 2 aliphatic heterocycles. The van der Waals surface area contributed by atoms with Crippen molar-refractivity contribution >= 4 is 5.91 Å². The second-order valence-electron chi connectivity index (χ2n) is 7.11. The summed E-state index contributed by atoms with van der Waals surface area (Å²) >= 11 is 0. The summed E-state index contributed by atoms with van der Waals surface area (Å²) in [4.78, 5) is 15.0. The van der Waals surface area contributed by atoms with E-state index in [4.69, 9.17) is 13.9 Å². The molecule has 0 saturated carbocycles. The number of likely N-dealkylation sites (tertiary alicyclic amines) is 1. The highest BCUT2D eigenvalue weighted by Gasteiger charge is 2.43. The van der Waals surface area contributed by atoms with Crippen LogP contribution >= 0.6 is 0 Å². The van der Waals surface area contributed by atoms with E-state index in [0.29, 0.717) is 31.2 Å². The predicted octanol–water partition coefficient (Wildman–Crippen LogP) is 2.29. The van der Waals surface area contributed by atoms with Crippen LogP contribution in [0.15, 0.2) is 16.5 Å². The maximum atomic E-state index is 13.2. The van der Waals surface area contributed by atoms with E-state index in [-0.39, 0.29) is 18.1 Å². The number of ether oxygens (including phenoxy) is 2. The smallest absolute Gasteiger partial charge is 0.264 e. The molecule has 0 radical (unpaired) electrons. The van der Waals surface area contributed by atoms with Gasteiger partial charge in [-0.2, -0.15) is 0 Å². The lowest BCUT2D eigenvalue weighted by Gasteiger charge is -2.24. The molecule has 3 heterocycles. The Morgan fingerprint density at radius 3 is 2.69 bits per heavy atom. The number of aromatic nitrogens is 2. The summed E-state index contributed by atoms with van der Waals surface area (Å²) in [5, 5.41) is 8.01. The number of rotatable bonds is 3. The van der Waals surface area contributed by atoms with E-state index in [9.17, 15) is 4.79 Å². The molecule has 1 fully saturated rings. The number of carbonyl (C=O) groups is 1. The number of aryl methyl sites for hydroxylation is 3. The molecule has 26 heavy (non-hydrogen) atoms. The standard InChI is InChI=1S/C19H23N3O4/c1-10-5-13-7-17(26-16(13)6-11(10)2)19(23)22-9-14(24-4)8-15(22)18-21-20-12(3)25-18/h5-6,14-15,17H,7-9H2,1-4H3/t14-,15+,17?/m0/s1. The molecular weight excluding hydrogens is 334 g/mol. The molecule has 4 rings (SSSR count). The van der Waals surface area contributed by atoms with Gasteiger partial charge in [0.25, 0.3) is 5.91 Å². The Morgan fingerprint density at radius 1 is 1.23 bits per heavy atom. The van der Waals surface area contributed by atoms with Crippen LogP contribution < -0.4 is 4.74 Å². The van der Waals surface area contributed by atoms with Gasteiger partial charge in [-0.15, -0.1) is 10.2 Å². The molecule has 7 nitrogen and oxygen atoms in total. The monoisotopic (exact) mass is 357 g/mol. The zero-order chi connectivity index (χ0) is 18.4. The first-order valence-electron chi connectivity index (χ1n) is 8.86. The van der Waals surface area contributed by atoms with Crippen molar-refractivity contribution in [2.24, 2.45) is 0 Å². The number of amides is 1. The van der Waals surface area contributed by atoms with Gasteiger partial charge >= 0.3 is 0 Å². The molecule has 3 atom stereocenters. The van der Waals surface area contributed by atoms with E-state index in [0.717, 1.165) is 16.9 Å². The van der Waals surface area contributed by atoms with Crippen LogP contribution in [0.1, 0.15) is 40.9 Å². The third-order valence-corrected chi connectivity index (χ3v) is 5.33. The average Bonchev–Trinajstić information content (AvgIpc) is 3.32. The lowest BCUT2D eigenvalue weighted by molar-refractivity contribution is -0.139. The minimum absolute atomic E-state index is 0.0515. The summed E-state index contributed by atoms with van der Waals surface area (Å²) in [6.07, 6.45) is 0.651. The Balaban J connectivity index is 1.56. The fourth-order valence-corrected chi connectivity index (χ4v) is 3.73. The van der Waals surface area contributed by atoms with Gasteiger partial charge in [-0.25, -0.2) is 0 Å². The molecule has 1 saturated heterocycles. The summed E-state index contributed by atoms with van der Waals surface area (Å²) in [6, 6.07) is 3.85. The summed E-state index contributed by atoms with van der Waals surface area (Å²) in [7, 11) is 1.66. The third-order valence-electron chi connectivity index (χ3n) is 5.33. The highest BCUT2D eigenvalue weighted by Crippen LogP contribution is 2.37. The zero-order valence-corrected chi connectivity index (χ0v) is 15.5. The minimum atomic E-state index is -0.520. The first-order valence-corrected chi connectivity index (χ1v) is 8.86. The van der Waals surface area contributed by atoms with Gasteiger partial charge in [-0.3, -0.25) is 4.79 Å². The van der Waals surface area contributed by atoms with Gasteiger partial charge in [0.15, 0.2) is 6.10 Å². The van der Waals surface area contributed by atoms with Crippen molar-refractivity contribution in [2.45, 2.75) is 51.9 Å². The normalized spacial score (nSPS) is 24.6. The summed E-state index contributed by atoms with van der Waals surface area (Å²) in [6.45, 7) is 6.36. The van der Waals surface area contributed by atoms with E-state index >= 15 is 0 Å². The summed E-state index contributed by atoms with van der Waals surface area (Å²) in [5.41, 5.74) is 3.45. The van der Waals surface area contributed by atoms with Gasteiger partial charge in [-0.05, 0) is 36.6 Å². The highest BCUT2D eigenvalue weighted by molar-refractivity contribution is 5.83. The van der Waals surface area contributed by atoms with E-state index < -0.39 is 6.10 Å². The number of methoxy groups -OCH3 is 1. The first-order chi connectivity index (χ1) is 12.5. The average molecular weight is 357 g/mol. The molecule has 0 aliphatic carbocycles. The SMILES string of the molecule is CO[C@H]1C[C@H](c2nnc(C)o2)N(C(=O)C2Cc3cc(C)c(C)cc3O2)C1. The topological polar surface area (TPSA) is 77.7 Å². The van der Waals surface area contributed by atoms with Gasteiger partial charge < -0.3 is 18.8 Å². The van der Waals surface area contributed by atoms with E-state index in [1.165, 1.54) is 5.56 Å². The number of hydrogen-bond donors (Lipinski definition) is 0. The van der Waals surface area contributed by atoms with Gasteiger partial charge in [0, 0.05) is 33.4 Å². The molecule has 1 aromatic heterocycles. The molecule has 1 unspecified atom stereocenters. The van der Waals surface area contributed by atoms with Gasteiger partial charge in [-0.1, -0.05) is 6.07 Å². The van der Waals surface area contributed by atoms with E-state index in [1.807, 2.05) is 13.0 Å². The molecule has 0 N–H and O–H groups in total. The minimum Gasteiger partial charge on any atom is -0.480 e. The van der Waals surface area contributed by atoms with E-state index in [1.54, 1.807) is 18.9 Å². The zero-order valence-electron chi connectivity index (χ0n) is 15.5. The lowest BCUT2D eigenvalue weighted by Crippen LogP contribution is -2.41. The number of benzene rings is 1. The Bertz CT molecular complexity index is 816. The van der Waals surface area contributed by atoms with Crippen LogP contribution in [0.5, 0.6) is 5.75 Å². The fraction of sp³-hybridized carbons (Fsp3) is 0.526. The van der Waals surface area contributed by atoms with Crippen LogP contribution in [-0.2, 0) is 16.0 Å². The van der Waals surface area contributed by atoms with Crippen molar-refractivity contribution in [1.82, 2.24) is 15.1 Å². The molecule has 7 heteroatoms. The van der Waals surface area contributed by atoms with Crippen molar-refractivity contribution in [3.05, 3.63) is 40.6 Å². The van der Waals surface area contributed by atoms with Crippen molar-refractivity contribution in [3.8, 4) is 5.75 Å². The van der Waals surface area contributed by atoms with E-state index in [2.05, 4.69) is 23.2 Å². The maximum absolute atomic E-state index is 13.2. The molecule has 2 aliphatic rings. The predicted molar refractivity (Wildman–Crippen MR) is 92.9 cm³/mol. The Morgan fingerprint density at radius 2 is 2.00 bits per heavy atom. The lowest BCUT2D eigenvalue weighted by atomic mass is 10.0. The number of fused-ring (bicyclic) bond motifs is 1. The van der Waals surface area contributed by atoms with Crippen molar-refractivity contribution < 1.29 is 18.7 Å². The highest BCUT2D eigenvalue weighted by atomic mass is 16.5. The molecule has 0 spiro atoms. The quantitative estimate of drug-likeness (QED) is 0.839. The molecule has 0 bridgehead atoms. The Labute approximate surface area is 152 Å². The van der Waals surface area contributed by atoms with Gasteiger partial charge in [0.2, 0.25) is 11.8 Å². The number of carbonyl (C=O) groups excluding carboxylic acids is 1. The van der Waals surface area contributed by atoms with Crippen LogP contribution in [0.4, 0.5) is 0 Å². The van der Waals surface area contributed by atoms with Crippen molar-refractivity contribution in [3.63, 3.8) is 0 Å². The second-order valence-corrected chi connectivity index (χ2v) is 7.11. The molecule has 138 valence electrons. The molecular formula is C19H23N3O4. The third kappa shape index (κ3) is 2.86. The molecule has 1 amide bonds. The summed E-state index contributed by atoms with van der Waals surface area (Å²) in [5.74, 6) is 1.69. The maximum Gasteiger partial charge on any atom is 0.264 e. The van der Waals surface area contributed by atoms with Gasteiger partial charge in [0.05, 0.1) is 6.10 Å². The Hall–Kier alpha value is -2.41. The van der Waals surface area contributed by atoms with Crippen LogP contribution in [0, 0.1) is 20.8 Å². The largest absolute Gasteiger partial charge is 0.480 e. The second kappa shape index (κ2) is 6.39. The van der Waals surface area contributed by atoms with Gasteiger partial charge in [0.1, 0.15) is 11.8 Å². The van der Waals surface area contributed by atoms with Crippen LogP contribution in [0.25, 0.3) is 0 Å². The first kappa shape index (κ1) is 17.0. The van der Waals surface area contributed by atoms with Crippen molar-refractivity contribution in [2.75, 3.05) is 13.7 Å². The van der Waals surface area contributed by atoms with Crippen molar-refractivity contribution in [1.29, 1.82) is 0 Å². The van der Waals surface area contributed by atoms with Crippen LogP contribution in [0.3, 0.4) is 0 Å². The molecule has 1 aromatic carbocycles. The summed E-state index contributed by atoms with van der Waals surface area (Å²) < 4.78 is 17.0. The number of hydrogen-bond acceptors (Lipinski definition) is 6.